The standard InChI is InChI=1S/C29H18Cl2N2O4S/c30-25-14-13-23(17-26(25)31)37-22-8-4-5-18(15-22)16-24-27(34)32-29(38)33(28(24)35)19-9-11-21(12-10-19)36-20-6-2-1-3-7-20/h1-17H,(H,32,34,38). The second-order valence-corrected chi connectivity index (χ2v) is 9.32. The Hall–Kier alpha value is -4.17. The zero-order valence-electron chi connectivity index (χ0n) is 19.6. The van der Waals surface area contributed by atoms with Crippen molar-refractivity contribution < 1.29 is 19.1 Å². The number of halogens is 2. The van der Waals surface area contributed by atoms with Gasteiger partial charge in [0.05, 0.1) is 15.7 Å². The number of amides is 2. The summed E-state index contributed by atoms with van der Waals surface area (Å²) in [7, 11) is 0. The first-order chi connectivity index (χ1) is 18.4. The summed E-state index contributed by atoms with van der Waals surface area (Å²) in [5.41, 5.74) is 0.998. The first-order valence-electron chi connectivity index (χ1n) is 11.3. The molecule has 0 unspecified atom stereocenters. The molecule has 38 heavy (non-hydrogen) atoms. The van der Waals surface area contributed by atoms with Gasteiger partial charge in [0, 0.05) is 6.07 Å². The van der Waals surface area contributed by atoms with E-state index in [1.807, 2.05) is 30.3 Å². The van der Waals surface area contributed by atoms with Crippen molar-refractivity contribution in [2.75, 3.05) is 4.90 Å². The van der Waals surface area contributed by atoms with E-state index in [1.165, 1.54) is 11.0 Å². The van der Waals surface area contributed by atoms with Crippen molar-refractivity contribution in [2.24, 2.45) is 0 Å². The molecule has 4 aromatic carbocycles. The molecule has 1 fully saturated rings. The molecule has 1 aliphatic heterocycles. The number of carbonyl (C=O) groups is 2. The minimum absolute atomic E-state index is 0.00872. The van der Waals surface area contributed by atoms with Gasteiger partial charge in [-0.05, 0) is 84.5 Å². The van der Waals surface area contributed by atoms with Gasteiger partial charge in [-0.1, -0.05) is 53.5 Å². The van der Waals surface area contributed by atoms with E-state index in [0.717, 1.165) is 0 Å². The van der Waals surface area contributed by atoms with Crippen molar-refractivity contribution in [3.63, 3.8) is 0 Å². The summed E-state index contributed by atoms with van der Waals surface area (Å²) in [6.45, 7) is 0. The van der Waals surface area contributed by atoms with Gasteiger partial charge < -0.3 is 9.47 Å². The molecule has 1 aliphatic rings. The lowest BCUT2D eigenvalue weighted by atomic mass is 10.1. The van der Waals surface area contributed by atoms with E-state index in [4.69, 9.17) is 44.9 Å². The average molecular weight is 561 g/mol. The summed E-state index contributed by atoms with van der Waals surface area (Å²) in [5.74, 6) is 1.12. The summed E-state index contributed by atoms with van der Waals surface area (Å²) >= 11 is 17.3. The van der Waals surface area contributed by atoms with Crippen molar-refractivity contribution in [3.05, 3.63) is 118 Å². The molecule has 4 aromatic rings. The van der Waals surface area contributed by atoms with Crippen molar-refractivity contribution in [1.82, 2.24) is 5.32 Å². The molecule has 5 rings (SSSR count). The van der Waals surface area contributed by atoms with Gasteiger partial charge in [0.1, 0.15) is 28.6 Å². The normalized spacial score (nSPS) is 14.4. The highest BCUT2D eigenvalue weighted by Crippen LogP contribution is 2.31. The van der Waals surface area contributed by atoms with E-state index in [9.17, 15) is 9.59 Å². The Bertz CT molecular complexity index is 1570. The number of carbonyl (C=O) groups excluding carboxylic acids is 2. The Kier molecular flexibility index (Phi) is 7.42. The predicted octanol–water partition coefficient (Wildman–Crippen LogP) is 7.41. The third kappa shape index (κ3) is 5.70. The van der Waals surface area contributed by atoms with E-state index in [0.29, 0.717) is 44.3 Å². The van der Waals surface area contributed by atoms with E-state index in [2.05, 4.69) is 5.32 Å². The molecule has 0 saturated carbocycles. The Balaban J connectivity index is 1.37. The number of nitrogens with zero attached hydrogens (tertiary/aromatic N) is 1. The fourth-order valence-electron chi connectivity index (χ4n) is 3.69. The highest BCUT2D eigenvalue weighted by atomic mass is 35.5. The maximum atomic E-state index is 13.4. The molecule has 0 spiro atoms. The van der Waals surface area contributed by atoms with Crippen LogP contribution < -0.4 is 19.7 Å². The van der Waals surface area contributed by atoms with Crippen LogP contribution in [0.5, 0.6) is 23.0 Å². The van der Waals surface area contributed by atoms with Crippen LogP contribution in [-0.4, -0.2) is 16.9 Å². The van der Waals surface area contributed by atoms with Gasteiger partial charge in [-0.15, -0.1) is 0 Å². The number of thiocarbonyl (C=S) groups is 1. The summed E-state index contributed by atoms with van der Waals surface area (Å²) in [6.07, 6.45) is 1.49. The molecule has 188 valence electrons. The molecule has 1 saturated heterocycles. The van der Waals surface area contributed by atoms with Crippen LogP contribution in [-0.2, 0) is 9.59 Å². The van der Waals surface area contributed by atoms with Crippen molar-refractivity contribution >= 4 is 64.1 Å². The molecular weight excluding hydrogens is 543 g/mol. The van der Waals surface area contributed by atoms with Gasteiger partial charge in [-0.2, -0.15) is 0 Å². The van der Waals surface area contributed by atoms with Gasteiger partial charge in [0.2, 0.25) is 0 Å². The van der Waals surface area contributed by atoms with Crippen LogP contribution in [0, 0.1) is 0 Å². The largest absolute Gasteiger partial charge is 0.457 e. The van der Waals surface area contributed by atoms with Gasteiger partial charge in [0.25, 0.3) is 11.8 Å². The number of hydrogen-bond donors (Lipinski definition) is 1. The topological polar surface area (TPSA) is 67.9 Å². The smallest absolute Gasteiger partial charge is 0.270 e. The second-order valence-electron chi connectivity index (χ2n) is 8.12. The number of hydrogen-bond acceptors (Lipinski definition) is 5. The monoisotopic (exact) mass is 560 g/mol. The van der Waals surface area contributed by atoms with E-state index in [-0.39, 0.29) is 10.7 Å². The van der Waals surface area contributed by atoms with Crippen LogP contribution in [0.3, 0.4) is 0 Å². The maximum Gasteiger partial charge on any atom is 0.270 e. The Morgan fingerprint density at radius 3 is 2.08 bits per heavy atom. The molecule has 0 bridgehead atoms. The van der Waals surface area contributed by atoms with E-state index >= 15 is 0 Å². The zero-order chi connectivity index (χ0) is 26.6. The third-order valence-electron chi connectivity index (χ3n) is 5.47. The minimum atomic E-state index is -0.587. The van der Waals surface area contributed by atoms with Crippen LogP contribution in [0.1, 0.15) is 5.56 Å². The molecule has 1 N–H and O–H groups in total. The van der Waals surface area contributed by atoms with Crippen molar-refractivity contribution in [3.8, 4) is 23.0 Å². The fraction of sp³-hybridized carbons (Fsp3) is 0. The van der Waals surface area contributed by atoms with Crippen molar-refractivity contribution in [2.45, 2.75) is 0 Å². The summed E-state index contributed by atoms with van der Waals surface area (Å²) < 4.78 is 11.7. The average Bonchev–Trinajstić information content (AvgIpc) is 2.90. The number of nitrogens with one attached hydrogen (secondary N) is 1. The Morgan fingerprint density at radius 1 is 0.711 bits per heavy atom. The summed E-state index contributed by atoms with van der Waals surface area (Å²) in [5, 5.41) is 3.36. The summed E-state index contributed by atoms with van der Waals surface area (Å²) in [6, 6.07) is 28.0. The lowest BCUT2D eigenvalue weighted by molar-refractivity contribution is -0.122. The molecule has 0 aromatic heterocycles. The zero-order valence-corrected chi connectivity index (χ0v) is 21.9. The maximum absolute atomic E-state index is 13.4. The van der Waals surface area contributed by atoms with Crippen LogP contribution in [0.4, 0.5) is 5.69 Å². The molecule has 0 aliphatic carbocycles. The Labute approximate surface area is 234 Å². The summed E-state index contributed by atoms with van der Waals surface area (Å²) in [4.78, 5) is 27.4. The Morgan fingerprint density at radius 2 is 1.34 bits per heavy atom. The van der Waals surface area contributed by atoms with E-state index < -0.39 is 11.8 Å². The predicted molar refractivity (Wildman–Crippen MR) is 152 cm³/mol. The second kappa shape index (κ2) is 11.1. The molecular formula is C29H18Cl2N2O4S. The SMILES string of the molecule is O=C1NC(=S)N(c2ccc(Oc3ccccc3)cc2)C(=O)C1=Cc1cccc(Oc2ccc(Cl)c(Cl)c2)c1. The highest BCUT2D eigenvalue weighted by molar-refractivity contribution is 7.80. The number of para-hydroxylation sites is 1. The van der Waals surface area contributed by atoms with Gasteiger partial charge in [0.15, 0.2) is 5.11 Å². The lowest BCUT2D eigenvalue weighted by Crippen LogP contribution is -2.54. The number of ether oxygens (including phenoxy) is 2. The first kappa shape index (κ1) is 25.5. The molecule has 2 amide bonds. The molecule has 6 nitrogen and oxygen atoms in total. The van der Waals surface area contributed by atoms with Crippen LogP contribution in [0.25, 0.3) is 6.08 Å². The van der Waals surface area contributed by atoms with Gasteiger partial charge >= 0.3 is 0 Å². The highest BCUT2D eigenvalue weighted by Gasteiger charge is 2.34. The quantitative estimate of drug-likeness (QED) is 0.151. The molecule has 0 radical (unpaired) electrons. The first-order valence-corrected chi connectivity index (χ1v) is 12.5. The third-order valence-corrected chi connectivity index (χ3v) is 6.50. The number of rotatable bonds is 6. The van der Waals surface area contributed by atoms with Crippen LogP contribution in [0.2, 0.25) is 10.0 Å². The van der Waals surface area contributed by atoms with Gasteiger partial charge in [-0.3, -0.25) is 19.8 Å². The van der Waals surface area contributed by atoms with E-state index in [1.54, 1.807) is 66.7 Å². The van der Waals surface area contributed by atoms with Gasteiger partial charge in [-0.25, -0.2) is 0 Å². The molecule has 0 atom stereocenters. The van der Waals surface area contributed by atoms with Crippen molar-refractivity contribution in [1.29, 1.82) is 0 Å². The molecule has 9 heteroatoms. The fourth-order valence-corrected chi connectivity index (χ4v) is 4.26. The number of benzene rings is 4. The minimum Gasteiger partial charge on any atom is -0.457 e. The van der Waals surface area contributed by atoms with Crippen LogP contribution >= 0.6 is 35.4 Å². The number of anilines is 1. The molecule has 1 heterocycles. The lowest BCUT2D eigenvalue weighted by Gasteiger charge is -2.29. The van der Waals surface area contributed by atoms with Crippen LogP contribution in [0.15, 0.2) is 103 Å².